The molecule has 1 aliphatic heterocycles. The zero-order valence-corrected chi connectivity index (χ0v) is 15.5. The van der Waals surface area contributed by atoms with Crippen LogP contribution in [0.3, 0.4) is 0 Å². The van der Waals surface area contributed by atoms with E-state index in [9.17, 15) is 4.79 Å². The fraction of sp³-hybridized carbons (Fsp3) is 0.190. The number of carbonyl (C=O) groups excluding carboxylic acids is 1. The number of amides is 2. The molecule has 2 aromatic carbocycles. The second kappa shape index (κ2) is 7.31. The van der Waals surface area contributed by atoms with Crippen LogP contribution in [0, 0.1) is 0 Å². The third kappa shape index (κ3) is 3.40. The number of benzene rings is 2. The molecule has 4 aromatic rings. The molecular weight excluding hydrogens is 368 g/mol. The lowest BCUT2D eigenvalue weighted by Crippen LogP contribution is -2.52. The summed E-state index contributed by atoms with van der Waals surface area (Å²) in [5.41, 5.74) is 1.66. The lowest BCUT2D eigenvalue weighted by atomic mass is 10.0. The summed E-state index contributed by atoms with van der Waals surface area (Å²) in [6.45, 7) is 1.58. The highest BCUT2D eigenvalue weighted by Gasteiger charge is 2.35. The predicted molar refractivity (Wildman–Crippen MR) is 106 cm³/mol. The van der Waals surface area contributed by atoms with E-state index in [0.717, 1.165) is 10.9 Å². The Morgan fingerprint density at radius 2 is 2.00 bits per heavy atom. The molecule has 1 saturated heterocycles. The summed E-state index contributed by atoms with van der Waals surface area (Å²) in [4.78, 5) is 26.8. The number of urea groups is 1. The highest BCUT2D eigenvalue weighted by molar-refractivity contribution is 5.86. The molecule has 29 heavy (non-hydrogen) atoms. The maximum atomic E-state index is 12.5. The first-order valence-electron chi connectivity index (χ1n) is 9.37. The van der Waals surface area contributed by atoms with Crippen LogP contribution in [0.1, 0.15) is 17.4 Å². The topological polar surface area (TPSA) is 97.0 Å². The van der Waals surface area contributed by atoms with Crippen LogP contribution in [0.2, 0.25) is 0 Å². The molecule has 5 rings (SSSR count). The third-order valence-corrected chi connectivity index (χ3v) is 5.06. The molecule has 0 atom stereocenters. The number of fused-ring (bicyclic) bond motifs is 1. The maximum absolute atomic E-state index is 12.5. The van der Waals surface area contributed by atoms with Gasteiger partial charge in [-0.15, -0.1) is 0 Å². The van der Waals surface area contributed by atoms with E-state index in [1.807, 2.05) is 24.3 Å². The van der Waals surface area contributed by atoms with Crippen LogP contribution < -0.4 is 5.32 Å². The Morgan fingerprint density at radius 3 is 2.86 bits per heavy atom. The number of likely N-dealkylation sites (tertiary alicyclic amines) is 1. The third-order valence-electron chi connectivity index (χ3n) is 5.06. The summed E-state index contributed by atoms with van der Waals surface area (Å²) in [6.07, 6.45) is 4.75. The second-order valence-corrected chi connectivity index (χ2v) is 6.95. The molecule has 2 aromatic heterocycles. The van der Waals surface area contributed by atoms with E-state index in [2.05, 4.69) is 43.6 Å². The molecule has 1 N–H and O–H groups in total. The van der Waals surface area contributed by atoms with Gasteiger partial charge in [-0.25, -0.2) is 9.78 Å². The van der Waals surface area contributed by atoms with E-state index in [0.29, 0.717) is 37.0 Å². The van der Waals surface area contributed by atoms with Gasteiger partial charge in [0.05, 0.1) is 12.1 Å². The molecule has 0 unspecified atom stereocenters. The van der Waals surface area contributed by atoms with Crippen molar-refractivity contribution < 1.29 is 9.32 Å². The van der Waals surface area contributed by atoms with E-state index in [1.165, 1.54) is 5.39 Å². The lowest BCUT2D eigenvalue weighted by Gasteiger charge is -2.36. The van der Waals surface area contributed by atoms with Crippen molar-refractivity contribution in [2.45, 2.75) is 12.5 Å². The summed E-state index contributed by atoms with van der Waals surface area (Å²) >= 11 is 0. The van der Waals surface area contributed by atoms with Crippen molar-refractivity contribution in [1.29, 1.82) is 0 Å². The van der Waals surface area contributed by atoms with Gasteiger partial charge in [-0.3, -0.25) is 4.98 Å². The molecule has 0 spiro atoms. The van der Waals surface area contributed by atoms with Crippen LogP contribution in [0.4, 0.5) is 4.79 Å². The van der Waals surface area contributed by atoms with E-state index in [-0.39, 0.29) is 11.9 Å². The van der Waals surface area contributed by atoms with Crippen LogP contribution in [0.5, 0.6) is 0 Å². The fourth-order valence-electron chi connectivity index (χ4n) is 3.45. The fourth-order valence-corrected chi connectivity index (χ4v) is 3.45. The molecule has 8 heteroatoms. The molecule has 2 amide bonds. The molecule has 3 heterocycles. The van der Waals surface area contributed by atoms with Crippen molar-refractivity contribution in [3.05, 3.63) is 72.5 Å². The Morgan fingerprint density at radius 1 is 1.14 bits per heavy atom. The van der Waals surface area contributed by atoms with Gasteiger partial charge < -0.3 is 14.7 Å². The highest BCUT2D eigenvalue weighted by Crippen LogP contribution is 2.27. The number of hydrogen-bond acceptors (Lipinski definition) is 6. The summed E-state index contributed by atoms with van der Waals surface area (Å²) in [7, 11) is 0. The van der Waals surface area contributed by atoms with Gasteiger partial charge in [0.2, 0.25) is 11.7 Å². The Bertz CT molecular complexity index is 1150. The lowest BCUT2D eigenvalue weighted by molar-refractivity contribution is 0.136. The average Bonchev–Trinajstić information content (AvgIpc) is 3.21. The van der Waals surface area contributed by atoms with Crippen LogP contribution in [0.25, 0.3) is 22.3 Å². The Balaban J connectivity index is 1.18. The van der Waals surface area contributed by atoms with Crippen molar-refractivity contribution in [1.82, 2.24) is 30.3 Å². The molecule has 0 radical (unpaired) electrons. The Hall–Kier alpha value is -3.81. The number of aromatic nitrogens is 4. The number of carbonyl (C=O) groups is 1. The summed E-state index contributed by atoms with van der Waals surface area (Å²) in [6, 6.07) is 14.2. The quantitative estimate of drug-likeness (QED) is 0.579. The molecule has 0 aliphatic carbocycles. The monoisotopic (exact) mass is 386 g/mol. The first kappa shape index (κ1) is 17.3. The smallest absolute Gasteiger partial charge is 0.317 e. The van der Waals surface area contributed by atoms with Crippen molar-refractivity contribution in [2.24, 2.45) is 0 Å². The number of rotatable bonds is 4. The standard InChI is InChI=1S/C21H18N6O2/c28-21(24-10-15-6-3-5-14-4-1-2-7-17(14)15)27-12-16(13-27)20-25-19(26-29-20)18-11-22-8-9-23-18/h1-9,11,16H,10,12-13H2,(H,24,28). The molecule has 8 nitrogen and oxygen atoms in total. The van der Waals surface area contributed by atoms with Crippen molar-refractivity contribution in [3.8, 4) is 11.5 Å². The normalized spacial score (nSPS) is 14.0. The second-order valence-electron chi connectivity index (χ2n) is 6.95. The van der Waals surface area contributed by atoms with Crippen LogP contribution in [-0.4, -0.2) is 44.1 Å². The van der Waals surface area contributed by atoms with Gasteiger partial charge in [0.25, 0.3) is 0 Å². The van der Waals surface area contributed by atoms with E-state index in [4.69, 9.17) is 4.52 Å². The number of nitrogens with zero attached hydrogens (tertiary/aromatic N) is 5. The van der Waals surface area contributed by atoms with E-state index >= 15 is 0 Å². The van der Waals surface area contributed by atoms with Gasteiger partial charge >= 0.3 is 6.03 Å². The summed E-state index contributed by atoms with van der Waals surface area (Å²) in [5.74, 6) is 0.965. The van der Waals surface area contributed by atoms with Crippen molar-refractivity contribution in [2.75, 3.05) is 13.1 Å². The highest BCUT2D eigenvalue weighted by atomic mass is 16.5. The first-order chi connectivity index (χ1) is 14.3. The first-order valence-corrected chi connectivity index (χ1v) is 9.37. The predicted octanol–water partition coefficient (Wildman–Crippen LogP) is 2.99. The van der Waals surface area contributed by atoms with Crippen LogP contribution in [0.15, 0.2) is 65.6 Å². The van der Waals surface area contributed by atoms with Gasteiger partial charge in [0, 0.05) is 32.0 Å². The van der Waals surface area contributed by atoms with Crippen LogP contribution >= 0.6 is 0 Å². The minimum Gasteiger partial charge on any atom is -0.338 e. The van der Waals surface area contributed by atoms with Gasteiger partial charge in [-0.05, 0) is 16.3 Å². The average molecular weight is 386 g/mol. The number of hydrogen-bond donors (Lipinski definition) is 1. The van der Waals surface area contributed by atoms with Crippen molar-refractivity contribution >= 4 is 16.8 Å². The summed E-state index contributed by atoms with van der Waals surface area (Å²) in [5, 5.41) is 9.27. The molecule has 144 valence electrons. The minimum absolute atomic E-state index is 0.0382. The van der Waals surface area contributed by atoms with Crippen LogP contribution in [-0.2, 0) is 6.54 Å². The molecular formula is C21H18N6O2. The molecule has 1 aliphatic rings. The van der Waals surface area contributed by atoms with E-state index < -0.39 is 0 Å². The largest absolute Gasteiger partial charge is 0.338 e. The summed E-state index contributed by atoms with van der Waals surface area (Å²) < 4.78 is 5.34. The SMILES string of the molecule is O=C(NCc1cccc2ccccc12)N1CC(c2nc(-c3cnccn3)no2)C1. The van der Waals surface area contributed by atoms with Gasteiger partial charge in [-0.1, -0.05) is 47.6 Å². The zero-order valence-electron chi connectivity index (χ0n) is 15.5. The molecule has 1 fully saturated rings. The molecule has 0 bridgehead atoms. The van der Waals surface area contributed by atoms with E-state index in [1.54, 1.807) is 23.5 Å². The number of nitrogens with one attached hydrogen (secondary N) is 1. The van der Waals surface area contributed by atoms with Gasteiger partial charge in [-0.2, -0.15) is 4.98 Å². The van der Waals surface area contributed by atoms with Gasteiger partial charge in [0.15, 0.2) is 0 Å². The Labute approximate surface area is 166 Å². The zero-order chi connectivity index (χ0) is 19.6. The Kier molecular flexibility index (Phi) is 4.36. The van der Waals surface area contributed by atoms with Gasteiger partial charge in [0.1, 0.15) is 5.69 Å². The maximum Gasteiger partial charge on any atom is 0.317 e. The van der Waals surface area contributed by atoms with Crippen molar-refractivity contribution in [3.63, 3.8) is 0 Å². The minimum atomic E-state index is -0.0946. The molecule has 0 saturated carbocycles.